The van der Waals surface area contributed by atoms with Gasteiger partial charge in [-0.2, -0.15) is 5.10 Å². The third-order valence-electron chi connectivity index (χ3n) is 5.33. The number of H-pyrrole nitrogens is 1. The van der Waals surface area contributed by atoms with Crippen molar-refractivity contribution in [2.45, 2.75) is 50.3 Å². The molecular formula is C18H22N6O. The van der Waals surface area contributed by atoms with E-state index in [0.29, 0.717) is 11.8 Å². The van der Waals surface area contributed by atoms with E-state index in [2.05, 4.69) is 20.4 Å². The summed E-state index contributed by atoms with van der Waals surface area (Å²) < 4.78 is 1.94. The third-order valence-corrected chi connectivity index (χ3v) is 5.33. The average molecular weight is 338 g/mol. The van der Waals surface area contributed by atoms with Gasteiger partial charge in [-0.05, 0) is 43.7 Å². The van der Waals surface area contributed by atoms with Crippen LogP contribution in [0.5, 0.6) is 0 Å². The van der Waals surface area contributed by atoms with Crippen molar-refractivity contribution in [2.24, 2.45) is 5.92 Å². The average Bonchev–Trinajstić information content (AvgIpc) is 2.98. The summed E-state index contributed by atoms with van der Waals surface area (Å²) in [5, 5.41) is 19.3. The Morgan fingerprint density at radius 2 is 2.20 bits per heavy atom. The van der Waals surface area contributed by atoms with Crippen molar-refractivity contribution in [3.63, 3.8) is 0 Å². The van der Waals surface area contributed by atoms with Gasteiger partial charge in [0.25, 0.3) is 0 Å². The van der Waals surface area contributed by atoms with Gasteiger partial charge in [-0.15, -0.1) is 0 Å². The Hall–Kier alpha value is -2.41. The van der Waals surface area contributed by atoms with E-state index in [-0.39, 0.29) is 12.1 Å². The first-order valence-electron chi connectivity index (χ1n) is 9.03. The van der Waals surface area contributed by atoms with Gasteiger partial charge < -0.3 is 15.4 Å². The molecule has 3 aromatic rings. The fourth-order valence-electron chi connectivity index (χ4n) is 3.86. The number of aromatic amines is 1. The van der Waals surface area contributed by atoms with E-state index in [0.717, 1.165) is 42.1 Å². The van der Waals surface area contributed by atoms with Crippen LogP contribution in [-0.4, -0.2) is 42.0 Å². The maximum absolute atomic E-state index is 10.5. The first kappa shape index (κ1) is 14.9. The summed E-state index contributed by atoms with van der Waals surface area (Å²) in [4.78, 5) is 12.6. The van der Waals surface area contributed by atoms with Gasteiger partial charge in [0.05, 0.1) is 17.5 Å². The predicted molar refractivity (Wildman–Crippen MR) is 94.2 cm³/mol. The normalized spacial score (nSPS) is 26.4. The van der Waals surface area contributed by atoms with E-state index in [1.807, 2.05) is 29.2 Å². The van der Waals surface area contributed by atoms with Gasteiger partial charge in [-0.1, -0.05) is 0 Å². The van der Waals surface area contributed by atoms with Crippen LogP contribution in [0.15, 0.2) is 30.7 Å². The number of rotatable bonds is 5. The van der Waals surface area contributed by atoms with Crippen LogP contribution in [0.3, 0.4) is 0 Å². The van der Waals surface area contributed by atoms with Crippen LogP contribution in [0.25, 0.3) is 11.0 Å². The molecule has 0 spiro atoms. The molecule has 2 aliphatic carbocycles. The van der Waals surface area contributed by atoms with Crippen molar-refractivity contribution in [3.05, 3.63) is 36.5 Å². The summed E-state index contributed by atoms with van der Waals surface area (Å²) >= 11 is 0. The molecule has 7 nitrogen and oxygen atoms in total. The highest BCUT2D eigenvalue weighted by atomic mass is 16.3. The minimum Gasteiger partial charge on any atom is -0.391 e. The summed E-state index contributed by atoms with van der Waals surface area (Å²) in [5.41, 5.74) is 0.875. The molecule has 2 fully saturated rings. The number of nitrogens with zero attached hydrogens (tertiary/aromatic N) is 4. The Morgan fingerprint density at radius 3 is 3.00 bits per heavy atom. The zero-order valence-corrected chi connectivity index (χ0v) is 14.0. The number of fused-ring (bicyclic) bond motifs is 1. The van der Waals surface area contributed by atoms with Crippen LogP contribution in [0.2, 0.25) is 0 Å². The molecule has 0 bridgehead atoms. The van der Waals surface area contributed by atoms with Crippen molar-refractivity contribution >= 4 is 16.9 Å². The molecule has 3 aromatic heterocycles. The van der Waals surface area contributed by atoms with Crippen molar-refractivity contribution < 1.29 is 5.11 Å². The van der Waals surface area contributed by atoms with Crippen molar-refractivity contribution in [2.75, 3.05) is 5.32 Å². The Kier molecular flexibility index (Phi) is 3.48. The number of anilines is 1. The molecule has 7 heteroatoms. The fourth-order valence-corrected chi connectivity index (χ4v) is 3.86. The highest BCUT2D eigenvalue weighted by Crippen LogP contribution is 2.39. The highest BCUT2D eigenvalue weighted by molar-refractivity contribution is 5.87. The maximum Gasteiger partial charge on any atom is 0.143 e. The zero-order valence-electron chi connectivity index (χ0n) is 14.0. The van der Waals surface area contributed by atoms with Crippen molar-refractivity contribution in [1.82, 2.24) is 24.7 Å². The van der Waals surface area contributed by atoms with Crippen LogP contribution in [0, 0.1) is 5.92 Å². The molecule has 25 heavy (non-hydrogen) atoms. The second-order valence-corrected chi connectivity index (χ2v) is 7.33. The molecule has 2 aliphatic rings. The first-order chi connectivity index (χ1) is 12.3. The lowest BCUT2D eigenvalue weighted by atomic mass is 10.1. The summed E-state index contributed by atoms with van der Waals surface area (Å²) in [7, 11) is 0. The zero-order chi connectivity index (χ0) is 16.8. The smallest absolute Gasteiger partial charge is 0.143 e. The van der Waals surface area contributed by atoms with Gasteiger partial charge in [0.1, 0.15) is 17.3 Å². The van der Waals surface area contributed by atoms with Crippen LogP contribution < -0.4 is 5.32 Å². The van der Waals surface area contributed by atoms with Crippen molar-refractivity contribution in [1.29, 1.82) is 0 Å². The van der Waals surface area contributed by atoms with E-state index >= 15 is 0 Å². The Morgan fingerprint density at radius 1 is 1.28 bits per heavy atom. The first-order valence-corrected chi connectivity index (χ1v) is 9.03. The van der Waals surface area contributed by atoms with E-state index in [9.17, 15) is 5.11 Å². The summed E-state index contributed by atoms with van der Waals surface area (Å²) in [6.07, 6.45) is 9.34. The van der Waals surface area contributed by atoms with E-state index in [4.69, 9.17) is 4.98 Å². The van der Waals surface area contributed by atoms with Gasteiger partial charge in [0, 0.05) is 31.1 Å². The molecule has 3 heterocycles. The van der Waals surface area contributed by atoms with Gasteiger partial charge in [-0.25, -0.2) is 9.97 Å². The van der Waals surface area contributed by atoms with Gasteiger partial charge in [0.15, 0.2) is 0 Å². The largest absolute Gasteiger partial charge is 0.391 e. The van der Waals surface area contributed by atoms with Crippen LogP contribution in [-0.2, 0) is 6.54 Å². The standard InChI is InChI=1S/C18H22N6O/c25-15-9-11(10-24-7-1-5-20-24)8-14(15)21-18-13-4-6-19-17(13)22-16(23-18)12-2-3-12/h1,4-7,11-12,14-15,25H,2-3,8-10H2,(H2,19,21,22,23)/t11?,14-,15-/m1/s1. The van der Waals surface area contributed by atoms with Crippen LogP contribution >= 0.6 is 0 Å². The molecule has 130 valence electrons. The molecule has 5 rings (SSSR count). The van der Waals surface area contributed by atoms with Crippen LogP contribution in [0.1, 0.15) is 37.4 Å². The highest BCUT2D eigenvalue weighted by Gasteiger charge is 2.34. The fraction of sp³-hybridized carbons (Fsp3) is 0.500. The van der Waals surface area contributed by atoms with E-state index in [1.165, 1.54) is 12.8 Å². The molecule has 1 unspecified atom stereocenters. The lowest BCUT2D eigenvalue weighted by Crippen LogP contribution is -2.28. The number of aliphatic hydroxyl groups excluding tert-OH is 1. The van der Waals surface area contributed by atoms with Gasteiger partial charge in [0.2, 0.25) is 0 Å². The molecule has 2 saturated carbocycles. The maximum atomic E-state index is 10.5. The number of aliphatic hydroxyl groups is 1. The molecular weight excluding hydrogens is 316 g/mol. The molecule has 0 saturated heterocycles. The van der Waals surface area contributed by atoms with E-state index < -0.39 is 0 Å². The second kappa shape index (κ2) is 5.84. The number of aromatic nitrogens is 5. The summed E-state index contributed by atoms with van der Waals surface area (Å²) in [5.74, 6) is 2.67. The number of hydrogen-bond donors (Lipinski definition) is 3. The lowest BCUT2D eigenvalue weighted by molar-refractivity contribution is 0.166. The van der Waals surface area contributed by atoms with Crippen LogP contribution in [0.4, 0.5) is 5.82 Å². The Bertz CT molecular complexity index is 869. The SMILES string of the molecule is O[C@@H]1CC(Cn2cccn2)C[C@H]1Nc1nc(C2CC2)nc2[nH]ccc12. The predicted octanol–water partition coefficient (Wildman–Crippen LogP) is 2.28. The Balaban J connectivity index is 1.36. The molecule has 0 amide bonds. The summed E-state index contributed by atoms with van der Waals surface area (Å²) in [6, 6.07) is 3.95. The van der Waals surface area contributed by atoms with Gasteiger partial charge >= 0.3 is 0 Å². The minimum absolute atomic E-state index is 0.0145. The molecule has 0 radical (unpaired) electrons. The molecule has 0 aliphatic heterocycles. The lowest BCUT2D eigenvalue weighted by Gasteiger charge is -2.18. The third kappa shape index (κ3) is 2.89. The van der Waals surface area contributed by atoms with Crippen molar-refractivity contribution in [3.8, 4) is 0 Å². The topological polar surface area (TPSA) is 91.7 Å². The Labute approximate surface area is 145 Å². The monoisotopic (exact) mass is 338 g/mol. The van der Waals surface area contributed by atoms with E-state index in [1.54, 1.807) is 6.20 Å². The minimum atomic E-state index is -0.367. The summed E-state index contributed by atoms with van der Waals surface area (Å²) in [6.45, 7) is 0.846. The molecule has 3 N–H and O–H groups in total. The quantitative estimate of drug-likeness (QED) is 0.664. The second-order valence-electron chi connectivity index (χ2n) is 7.33. The molecule has 0 aromatic carbocycles. The molecule has 3 atom stereocenters. The number of hydrogen-bond acceptors (Lipinski definition) is 5. The number of nitrogens with one attached hydrogen (secondary N) is 2. The van der Waals surface area contributed by atoms with Gasteiger partial charge in [-0.3, -0.25) is 4.68 Å².